The Bertz CT molecular complexity index is 911. The second-order valence-electron chi connectivity index (χ2n) is 6.32. The van der Waals surface area contributed by atoms with Crippen molar-refractivity contribution in [2.75, 3.05) is 21.3 Å². The lowest BCUT2D eigenvalue weighted by Crippen LogP contribution is -2.20. The summed E-state index contributed by atoms with van der Waals surface area (Å²) in [5.41, 5.74) is 1.62. The third-order valence-electron chi connectivity index (χ3n) is 4.48. The van der Waals surface area contributed by atoms with E-state index in [1.54, 1.807) is 45.6 Å². The molecule has 0 aliphatic rings. The molecule has 0 aliphatic heterocycles. The van der Waals surface area contributed by atoms with Crippen molar-refractivity contribution >= 4 is 23.7 Å². The van der Waals surface area contributed by atoms with Crippen LogP contribution in [-0.2, 0) is 9.59 Å². The van der Waals surface area contributed by atoms with Gasteiger partial charge in [-0.1, -0.05) is 37.3 Å². The molecule has 0 bridgehead atoms. The van der Waals surface area contributed by atoms with E-state index in [-0.39, 0.29) is 11.6 Å². The van der Waals surface area contributed by atoms with Gasteiger partial charge in [0.1, 0.15) is 5.75 Å². The molecule has 152 valence electrons. The van der Waals surface area contributed by atoms with E-state index in [4.69, 9.17) is 14.2 Å². The molecule has 0 saturated heterocycles. The third kappa shape index (κ3) is 6.07. The van der Waals surface area contributed by atoms with E-state index < -0.39 is 5.92 Å². The average Bonchev–Trinajstić information content (AvgIpc) is 2.76. The van der Waals surface area contributed by atoms with Crippen molar-refractivity contribution in [1.82, 2.24) is 0 Å². The molecule has 0 fully saturated rings. The maximum absolute atomic E-state index is 12.6. The first-order valence-corrected chi connectivity index (χ1v) is 9.32. The second kappa shape index (κ2) is 10.9. The fourth-order valence-corrected chi connectivity index (χ4v) is 2.83. The lowest BCUT2D eigenvalue weighted by Gasteiger charge is -2.09. The van der Waals surface area contributed by atoms with Gasteiger partial charge in [0.2, 0.25) is 0 Å². The number of methoxy groups -OCH3 is 3. The molecule has 0 N–H and O–H groups in total. The number of carbonyl (C=O) groups excluding carboxylic acids is 2. The highest BCUT2D eigenvalue weighted by molar-refractivity contribution is 6.13. The van der Waals surface area contributed by atoms with Crippen molar-refractivity contribution in [3.63, 3.8) is 0 Å². The summed E-state index contributed by atoms with van der Waals surface area (Å²) in [5, 5.41) is 0. The zero-order valence-electron chi connectivity index (χ0n) is 17.2. The van der Waals surface area contributed by atoms with Crippen LogP contribution < -0.4 is 14.2 Å². The van der Waals surface area contributed by atoms with E-state index >= 15 is 0 Å². The topological polar surface area (TPSA) is 61.8 Å². The van der Waals surface area contributed by atoms with Crippen molar-refractivity contribution in [1.29, 1.82) is 0 Å². The highest BCUT2D eigenvalue weighted by Gasteiger charge is 2.20. The van der Waals surface area contributed by atoms with Crippen molar-refractivity contribution in [3.05, 3.63) is 65.7 Å². The maximum atomic E-state index is 12.6. The zero-order valence-corrected chi connectivity index (χ0v) is 17.2. The molecule has 2 rings (SSSR count). The Morgan fingerprint density at radius 3 is 2.00 bits per heavy atom. The molecule has 29 heavy (non-hydrogen) atoms. The van der Waals surface area contributed by atoms with Crippen LogP contribution >= 0.6 is 0 Å². The smallest absolute Gasteiger partial charge is 0.166 e. The van der Waals surface area contributed by atoms with Crippen molar-refractivity contribution in [3.8, 4) is 17.2 Å². The van der Waals surface area contributed by atoms with Crippen LogP contribution in [0.3, 0.4) is 0 Å². The van der Waals surface area contributed by atoms with Crippen LogP contribution in [-0.4, -0.2) is 32.9 Å². The van der Waals surface area contributed by atoms with Crippen LogP contribution in [0.15, 0.2) is 54.6 Å². The van der Waals surface area contributed by atoms with Crippen LogP contribution in [0.2, 0.25) is 0 Å². The van der Waals surface area contributed by atoms with E-state index in [1.165, 1.54) is 12.2 Å². The van der Waals surface area contributed by atoms with E-state index in [0.29, 0.717) is 23.7 Å². The molecule has 5 nitrogen and oxygen atoms in total. The Balaban J connectivity index is 2.10. The summed E-state index contributed by atoms with van der Waals surface area (Å²) in [4.78, 5) is 25.1. The van der Waals surface area contributed by atoms with Gasteiger partial charge in [-0.05, 0) is 54.0 Å². The Hall–Kier alpha value is -3.34. The van der Waals surface area contributed by atoms with Gasteiger partial charge in [0.25, 0.3) is 0 Å². The molecule has 2 aromatic rings. The van der Waals surface area contributed by atoms with E-state index in [1.807, 2.05) is 37.3 Å². The number of allylic oxidation sites excluding steroid dienone is 2. The maximum Gasteiger partial charge on any atom is 0.166 e. The normalized spacial score (nSPS) is 12.1. The van der Waals surface area contributed by atoms with Gasteiger partial charge < -0.3 is 14.2 Å². The molecular formula is C24H26O5. The Morgan fingerprint density at radius 1 is 0.828 bits per heavy atom. The van der Waals surface area contributed by atoms with Crippen LogP contribution in [0.1, 0.15) is 24.5 Å². The summed E-state index contributed by atoms with van der Waals surface area (Å²) in [5.74, 6) is 0.723. The summed E-state index contributed by atoms with van der Waals surface area (Å²) < 4.78 is 15.6. The predicted octanol–water partition coefficient (Wildman–Crippen LogP) is 4.60. The monoisotopic (exact) mass is 394 g/mol. The summed E-state index contributed by atoms with van der Waals surface area (Å²) in [6.07, 6.45) is 6.68. The van der Waals surface area contributed by atoms with Crippen molar-refractivity contribution in [2.24, 2.45) is 5.92 Å². The largest absolute Gasteiger partial charge is 0.497 e. The molecule has 0 spiro atoms. The van der Waals surface area contributed by atoms with Crippen LogP contribution in [0, 0.1) is 5.92 Å². The number of hydrogen-bond acceptors (Lipinski definition) is 5. The standard InChI is InChI=1S/C24H26O5/c1-5-20(21(25)12-9-17-7-6-8-19(15-17)27-2)22(26)13-10-18-11-14-23(28-3)24(16-18)29-4/h6-16,20H,5H2,1-4H3/b12-9+,13-10+. The highest BCUT2D eigenvalue weighted by Crippen LogP contribution is 2.28. The predicted molar refractivity (Wildman–Crippen MR) is 114 cm³/mol. The van der Waals surface area contributed by atoms with Crippen LogP contribution in [0.25, 0.3) is 12.2 Å². The quantitative estimate of drug-likeness (QED) is 0.435. The number of ether oxygens (including phenoxy) is 3. The Morgan fingerprint density at radius 2 is 1.45 bits per heavy atom. The molecule has 5 heteroatoms. The first-order chi connectivity index (χ1) is 14.0. The lowest BCUT2D eigenvalue weighted by atomic mass is 9.94. The number of ketones is 2. The zero-order chi connectivity index (χ0) is 21.2. The molecule has 1 unspecified atom stereocenters. The summed E-state index contributed by atoms with van der Waals surface area (Å²) in [6.45, 7) is 1.82. The molecule has 0 heterocycles. The van der Waals surface area contributed by atoms with Gasteiger partial charge in [0, 0.05) is 0 Å². The molecule has 0 amide bonds. The number of benzene rings is 2. The molecule has 1 atom stereocenters. The van der Waals surface area contributed by atoms with Gasteiger partial charge in [-0.25, -0.2) is 0 Å². The Labute approximate surface area is 171 Å². The van der Waals surface area contributed by atoms with Crippen LogP contribution in [0.5, 0.6) is 17.2 Å². The number of hydrogen-bond donors (Lipinski definition) is 0. The van der Waals surface area contributed by atoms with Gasteiger partial charge in [-0.15, -0.1) is 0 Å². The fourth-order valence-electron chi connectivity index (χ4n) is 2.83. The minimum atomic E-state index is -0.715. The van der Waals surface area contributed by atoms with Gasteiger partial charge in [0.05, 0.1) is 27.2 Å². The van der Waals surface area contributed by atoms with Gasteiger partial charge in [0.15, 0.2) is 23.1 Å². The minimum Gasteiger partial charge on any atom is -0.497 e. The number of carbonyl (C=O) groups is 2. The highest BCUT2D eigenvalue weighted by atomic mass is 16.5. The number of rotatable bonds is 10. The fraction of sp³-hybridized carbons (Fsp3) is 0.250. The second-order valence-corrected chi connectivity index (χ2v) is 6.32. The minimum absolute atomic E-state index is 0.225. The molecule has 0 saturated carbocycles. The molecular weight excluding hydrogens is 368 g/mol. The van der Waals surface area contributed by atoms with E-state index in [2.05, 4.69) is 0 Å². The first-order valence-electron chi connectivity index (χ1n) is 9.32. The summed E-state index contributed by atoms with van der Waals surface area (Å²) >= 11 is 0. The molecule has 2 aromatic carbocycles. The first kappa shape index (κ1) is 22.0. The SMILES string of the molecule is CCC(C(=O)/C=C/c1cccc(OC)c1)C(=O)/C=C/c1ccc(OC)c(OC)c1. The summed E-state index contributed by atoms with van der Waals surface area (Å²) in [6, 6.07) is 12.7. The molecule has 0 aromatic heterocycles. The lowest BCUT2D eigenvalue weighted by molar-refractivity contribution is -0.127. The summed E-state index contributed by atoms with van der Waals surface area (Å²) in [7, 11) is 4.70. The molecule has 0 aliphatic carbocycles. The van der Waals surface area contributed by atoms with Gasteiger partial charge >= 0.3 is 0 Å². The van der Waals surface area contributed by atoms with Crippen molar-refractivity contribution in [2.45, 2.75) is 13.3 Å². The van der Waals surface area contributed by atoms with Crippen molar-refractivity contribution < 1.29 is 23.8 Å². The van der Waals surface area contributed by atoms with E-state index in [0.717, 1.165) is 11.1 Å². The Kier molecular flexibility index (Phi) is 8.22. The van der Waals surface area contributed by atoms with E-state index in [9.17, 15) is 9.59 Å². The van der Waals surface area contributed by atoms with Gasteiger partial charge in [-0.2, -0.15) is 0 Å². The van der Waals surface area contributed by atoms with Crippen LogP contribution in [0.4, 0.5) is 0 Å². The molecule has 0 radical (unpaired) electrons. The third-order valence-corrected chi connectivity index (χ3v) is 4.48. The van der Waals surface area contributed by atoms with Gasteiger partial charge in [-0.3, -0.25) is 9.59 Å². The average molecular weight is 394 g/mol.